The Morgan fingerprint density at radius 3 is 2.53 bits per heavy atom. The van der Waals surface area contributed by atoms with Gasteiger partial charge in [-0.15, -0.1) is 24.8 Å². The molecule has 98 valence electrons. The van der Waals surface area contributed by atoms with Gasteiger partial charge in [0.1, 0.15) is 0 Å². The van der Waals surface area contributed by atoms with Gasteiger partial charge in [-0.2, -0.15) is 0 Å². The minimum atomic E-state index is 0. The van der Waals surface area contributed by atoms with Crippen molar-refractivity contribution in [2.75, 3.05) is 13.1 Å². The molecule has 1 aromatic carbocycles. The van der Waals surface area contributed by atoms with E-state index in [4.69, 9.17) is 0 Å². The summed E-state index contributed by atoms with van der Waals surface area (Å²) >= 11 is 3.44. The van der Waals surface area contributed by atoms with Crippen molar-refractivity contribution in [3.8, 4) is 0 Å². The summed E-state index contributed by atoms with van der Waals surface area (Å²) in [6, 6.07) is 9.15. The first kappa shape index (κ1) is 17.2. The topological polar surface area (TPSA) is 24.1 Å². The standard InChI is InChI=1S/C12H17BrN2.2ClH/c13-11-5-3-10(4-6-11)8-15-12-2-1-7-14-9-12;;/h3-6,12,14-15H,1-2,7-9H2;2*1H/t12-;;/m0../s1. The quantitative estimate of drug-likeness (QED) is 0.882. The second-order valence-corrected chi connectivity index (χ2v) is 4.97. The first-order valence-corrected chi connectivity index (χ1v) is 6.32. The maximum absolute atomic E-state index is 3.58. The predicted molar refractivity (Wildman–Crippen MR) is 81.4 cm³/mol. The number of hydrogen-bond donors (Lipinski definition) is 2. The molecule has 0 aliphatic carbocycles. The molecule has 1 heterocycles. The summed E-state index contributed by atoms with van der Waals surface area (Å²) < 4.78 is 1.14. The van der Waals surface area contributed by atoms with Crippen LogP contribution < -0.4 is 10.6 Å². The van der Waals surface area contributed by atoms with Crippen molar-refractivity contribution in [3.63, 3.8) is 0 Å². The number of benzene rings is 1. The molecule has 0 radical (unpaired) electrons. The van der Waals surface area contributed by atoms with Crippen LogP contribution in [0.15, 0.2) is 28.7 Å². The zero-order valence-corrected chi connectivity index (χ0v) is 12.8. The Morgan fingerprint density at radius 1 is 1.24 bits per heavy atom. The first-order chi connectivity index (χ1) is 7.34. The van der Waals surface area contributed by atoms with Gasteiger partial charge in [0.05, 0.1) is 0 Å². The van der Waals surface area contributed by atoms with E-state index in [-0.39, 0.29) is 24.8 Å². The van der Waals surface area contributed by atoms with Gasteiger partial charge >= 0.3 is 0 Å². The zero-order valence-electron chi connectivity index (χ0n) is 9.62. The molecule has 0 bridgehead atoms. The molecule has 0 saturated carbocycles. The summed E-state index contributed by atoms with van der Waals surface area (Å²) in [6.45, 7) is 3.26. The molecule has 2 rings (SSSR count). The van der Waals surface area contributed by atoms with Crippen molar-refractivity contribution < 1.29 is 0 Å². The second kappa shape index (κ2) is 9.17. The van der Waals surface area contributed by atoms with E-state index in [1.807, 2.05) is 0 Å². The van der Waals surface area contributed by atoms with Crippen LogP contribution >= 0.6 is 40.7 Å². The van der Waals surface area contributed by atoms with Gasteiger partial charge in [-0.3, -0.25) is 0 Å². The third-order valence-electron chi connectivity index (χ3n) is 2.80. The predicted octanol–water partition coefficient (Wildman–Crippen LogP) is 3.13. The molecule has 1 aliphatic rings. The zero-order chi connectivity index (χ0) is 10.5. The van der Waals surface area contributed by atoms with Crippen molar-refractivity contribution in [2.45, 2.75) is 25.4 Å². The molecule has 1 atom stereocenters. The second-order valence-electron chi connectivity index (χ2n) is 4.05. The number of rotatable bonds is 3. The van der Waals surface area contributed by atoms with Gasteiger partial charge < -0.3 is 10.6 Å². The molecule has 1 fully saturated rings. The monoisotopic (exact) mass is 340 g/mol. The summed E-state index contributed by atoms with van der Waals surface area (Å²) in [7, 11) is 0. The lowest BCUT2D eigenvalue weighted by molar-refractivity contribution is 0.389. The highest BCUT2D eigenvalue weighted by atomic mass is 79.9. The van der Waals surface area contributed by atoms with Gasteiger partial charge in [0, 0.05) is 23.6 Å². The Morgan fingerprint density at radius 2 is 1.94 bits per heavy atom. The number of piperidine rings is 1. The molecule has 1 aliphatic heterocycles. The Bertz CT molecular complexity index is 300. The minimum absolute atomic E-state index is 0. The maximum Gasteiger partial charge on any atom is 0.0208 e. The molecule has 5 heteroatoms. The Kier molecular flexibility index (Phi) is 9.28. The van der Waals surface area contributed by atoms with Gasteiger partial charge in [-0.05, 0) is 37.1 Å². The van der Waals surface area contributed by atoms with Gasteiger partial charge in [0.15, 0.2) is 0 Å². The lowest BCUT2D eigenvalue weighted by Gasteiger charge is -2.23. The van der Waals surface area contributed by atoms with Gasteiger partial charge in [0.25, 0.3) is 0 Å². The molecule has 2 N–H and O–H groups in total. The van der Waals surface area contributed by atoms with Crippen molar-refractivity contribution in [3.05, 3.63) is 34.3 Å². The molecule has 1 aromatic rings. The van der Waals surface area contributed by atoms with Crippen molar-refractivity contribution in [1.82, 2.24) is 10.6 Å². The third kappa shape index (κ3) is 6.07. The van der Waals surface area contributed by atoms with Gasteiger partial charge in [-0.1, -0.05) is 28.1 Å². The minimum Gasteiger partial charge on any atom is -0.315 e. The average molecular weight is 342 g/mol. The molecule has 2 nitrogen and oxygen atoms in total. The summed E-state index contributed by atoms with van der Waals surface area (Å²) in [6.07, 6.45) is 2.58. The lowest BCUT2D eigenvalue weighted by atomic mass is 10.1. The Balaban J connectivity index is 0.00000128. The van der Waals surface area contributed by atoms with Crippen molar-refractivity contribution >= 4 is 40.7 Å². The fourth-order valence-electron chi connectivity index (χ4n) is 1.89. The van der Waals surface area contributed by atoms with Crippen LogP contribution in [0.25, 0.3) is 0 Å². The molecule has 17 heavy (non-hydrogen) atoms. The highest BCUT2D eigenvalue weighted by Gasteiger charge is 2.11. The largest absolute Gasteiger partial charge is 0.315 e. The highest BCUT2D eigenvalue weighted by Crippen LogP contribution is 2.11. The van der Waals surface area contributed by atoms with Gasteiger partial charge in [0.2, 0.25) is 0 Å². The number of nitrogens with one attached hydrogen (secondary N) is 2. The molecule has 0 amide bonds. The van der Waals surface area contributed by atoms with Crippen molar-refractivity contribution in [1.29, 1.82) is 0 Å². The molecule has 0 unspecified atom stereocenters. The van der Waals surface area contributed by atoms with Crippen molar-refractivity contribution in [2.24, 2.45) is 0 Å². The summed E-state index contributed by atoms with van der Waals surface area (Å²) in [5.41, 5.74) is 1.35. The molecular weight excluding hydrogens is 323 g/mol. The van der Waals surface area contributed by atoms with Crippen LogP contribution in [0.3, 0.4) is 0 Å². The van der Waals surface area contributed by atoms with E-state index in [0.717, 1.165) is 17.6 Å². The van der Waals surface area contributed by atoms with Crippen LogP contribution in [0.2, 0.25) is 0 Å². The Labute approximate surface area is 124 Å². The fourth-order valence-corrected chi connectivity index (χ4v) is 2.15. The van der Waals surface area contributed by atoms with Crippen LogP contribution in [0.1, 0.15) is 18.4 Å². The number of halogens is 3. The third-order valence-corrected chi connectivity index (χ3v) is 3.33. The molecule has 1 saturated heterocycles. The van der Waals surface area contributed by atoms with Crippen LogP contribution in [-0.2, 0) is 6.54 Å². The van der Waals surface area contributed by atoms with E-state index >= 15 is 0 Å². The van der Waals surface area contributed by atoms with E-state index in [2.05, 4.69) is 50.8 Å². The first-order valence-electron chi connectivity index (χ1n) is 5.53. The van der Waals surface area contributed by atoms with E-state index in [9.17, 15) is 0 Å². The van der Waals surface area contributed by atoms with Crippen LogP contribution in [0, 0.1) is 0 Å². The van der Waals surface area contributed by atoms with Crippen LogP contribution in [0.5, 0.6) is 0 Å². The lowest BCUT2D eigenvalue weighted by Crippen LogP contribution is -2.42. The summed E-state index contributed by atoms with van der Waals surface area (Å²) in [4.78, 5) is 0. The summed E-state index contributed by atoms with van der Waals surface area (Å²) in [5.74, 6) is 0. The van der Waals surface area contributed by atoms with Gasteiger partial charge in [-0.25, -0.2) is 0 Å². The highest BCUT2D eigenvalue weighted by molar-refractivity contribution is 9.10. The Hall–Kier alpha value is 0.200. The molecule has 0 aromatic heterocycles. The molecular formula is C12H19BrCl2N2. The summed E-state index contributed by atoms with van der Waals surface area (Å²) in [5, 5.41) is 6.99. The smallest absolute Gasteiger partial charge is 0.0208 e. The maximum atomic E-state index is 3.58. The van der Waals surface area contributed by atoms with Crippen LogP contribution in [0.4, 0.5) is 0 Å². The normalized spacial score (nSPS) is 19.0. The van der Waals surface area contributed by atoms with E-state index in [0.29, 0.717) is 6.04 Å². The van der Waals surface area contributed by atoms with Crippen LogP contribution in [-0.4, -0.2) is 19.1 Å². The van der Waals surface area contributed by atoms with E-state index in [1.54, 1.807) is 0 Å². The average Bonchev–Trinajstić information content (AvgIpc) is 2.30. The fraction of sp³-hybridized carbons (Fsp3) is 0.500. The molecule has 0 spiro atoms. The van der Waals surface area contributed by atoms with E-state index in [1.165, 1.54) is 24.9 Å². The SMILES string of the molecule is Brc1ccc(CN[C@H]2CCCNC2)cc1.Cl.Cl. The van der Waals surface area contributed by atoms with E-state index < -0.39 is 0 Å². The number of hydrogen-bond acceptors (Lipinski definition) is 2.